The molecule has 0 bridgehead atoms. The van der Waals surface area contributed by atoms with E-state index in [4.69, 9.17) is 16.7 Å². The minimum absolute atomic E-state index is 0.0450. The fraction of sp³-hybridized carbons (Fsp3) is 0.308. The van der Waals surface area contributed by atoms with Gasteiger partial charge < -0.3 is 10.0 Å². The van der Waals surface area contributed by atoms with Gasteiger partial charge in [-0.1, -0.05) is 24.6 Å². The Hall–Kier alpha value is -2.08. The van der Waals surface area contributed by atoms with Crippen LogP contribution in [0, 0.1) is 16.0 Å². The average molecular weight is 299 g/mol. The lowest BCUT2D eigenvalue weighted by atomic mass is 10.1. The van der Waals surface area contributed by atoms with Crippen LogP contribution in [-0.4, -0.2) is 29.1 Å². The van der Waals surface area contributed by atoms with Crippen LogP contribution in [0.4, 0.5) is 11.4 Å². The molecule has 0 spiro atoms. The van der Waals surface area contributed by atoms with Gasteiger partial charge in [0.2, 0.25) is 0 Å². The van der Waals surface area contributed by atoms with Gasteiger partial charge in [-0.2, -0.15) is 0 Å². The zero-order valence-corrected chi connectivity index (χ0v) is 11.7. The molecule has 6 nitrogen and oxygen atoms in total. The van der Waals surface area contributed by atoms with Crippen molar-refractivity contribution in [3.05, 3.63) is 46.0 Å². The Morgan fingerprint density at radius 1 is 1.65 bits per heavy atom. The molecule has 1 rings (SSSR count). The number of carbonyl (C=O) groups is 1. The van der Waals surface area contributed by atoms with Crippen molar-refractivity contribution in [3.8, 4) is 0 Å². The zero-order chi connectivity index (χ0) is 15.3. The van der Waals surface area contributed by atoms with Crippen LogP contribution in [0.5, 0.6) is 0 Å². The Morgan fingerprint density at radius 3 is 2.80 bits per heavy atom. The number of rotatable bonds is 7. The van der Waals surface area contributed by atoms with Crippen molar-refractivity contribution in [1.29, 1.82) is 0 Å². The average Bonchev–Trinajstić information content (AvgIpc) is 2.38. The number of anilines is 1. The van der Waals surface area contributed by atoms with E-state index in [0.717, 1.165) is 0 Å². The maximum Gasteiger partial charge on any atom is 0.308 e. The Morgan fingerprint density at radius 2 is 2.30 bits per heavy atom. The standard InChI is InChI=1S/C13H15ClN2O4/c1-3-6-15(8-9(2)13(17)18)10-4-5-11(14)12(7-10)16(19)20/h3-5,7,9H,1,6,8H2,2H3,(H,17,18). The summed E-state index contributed by atoms with van der Waals surface area (Å²) in [5.41, 5.74) is 0.329. The van der Waals surface area contributed by atoms with E-state index in [1.165, 1.54) is 12.1 Å². The molecular weight excluding hydrogens is 284 g/mol. The summed E-state index contributed by atoms with van der Waals surface area (Å²) in [4.78, 5) is 22.9. The molecule has 1 unspecified atom stereocenters. The minimum atomic E-state index is -0.928. The first-order chi connectivity index (χ1) is 9.36. The molecule has 0 fully saturated rings. The summed E-state index contributed by atoms with van der Waals surface area (Å²) < 4.78 is 0. The van der Waals surface area contributed by atoms with Gasteiger partial charge in [-0.3, -0.25) is 14.9 Å². The van der Waals surface area contributed by atoms with Crippen molar-refractivity contribution in [1.82, 2.24) is 0 Å². The molecule has 0 aliphatic rings. The number of hydrogen-bond donors (Lipinski definition) is 1. The van der Waals surface area contributed by atoms with Gasteiger partial charge in [-0.25, -0.2) is 0 Å². The Kier molecular flexibility index (Phi) is 5.52. The fourth-order valence-electron chi connectivity index (χ4n) is 1.69. The van der Waals surface area contributed by atoms with E-state index >= 15 is 0 Å². The summed E-state index contributed by atoms with van der Waals surface area (Å²) in [5.74, 6) is -1.53. The number of carboxylic acid groups (broad SMARTS) is 1. The van der Waals surface area contributed by atoms with Gasteiger partial charge in [0, 0.05) is 24.8 Å². The predicted molar refractivity (Wildman–Crippen MR) is 77.3 cm³/mol. The molecule has 0 saturated carbocycles. The Bertz CT molecular complexity index is 533. The highest BCUT2D eigenvalue weighted by Crippen LogP contribution is 2.29. The molecule has 20 heavy (non-hydrogen) atoms. The summed E-state index contributed by atoms with van der Waals surface area (Å²) in [6.45, 7) is 5.78. The fourth-order valence-corrected chi connectivity index (χ4v) is 1.87. The van der Waals surface area contributed by atoms with E-state index in [1.807, 2.05) is 0 Å². The lowest BCUT2D eigenvalue weighted by Gasteiger charge is -2.25. The van der Waals surface area contributed by atoms with Crippen molar-refractivity contribution in [2.24, 2.45) is 5.92 Å². The zero-order valence-electron chi connectivity index (χ0n) is 11.0. The highest BCUT2D eigenvalue weighted by atomic mass is 35.5. The number of aliphatic carboxylic acids is 1. The Labute approximate surface area is 121 Å². The van der Waals surface area contributed by atoms with Crippen molar-refractivity contribution < 1.29 is 14.8 Å². The van der Waals surface area contributed by atoms with Gasteiger partial charge >= 0.3 is 5.97 Å². The largest absolute Gasteiger partial charge is 0.481 e. The molecule has 108 valence electrons. The number of carboxylic acids is 1. The van der Waals surface area contributed by atoms with Gasteiger partial charge in [-0.15, -0.1) is 6.58 Å². The van der Waals surface area contributed by atoms with Gasteiger partial charge in [0.1, 0.15) is 5.02 Å². The van der Waals surface area contributed by atoms with E-state index in [2.05, 4.69) is 6.58 Å². The molecule has 0 aliphatic heterocycles. The summed E-state index contributed by atoms with van der Waals surface area (Å²) >= 11 is 5.75. The second-order valence-electron chi connectivity index (χ2n) is 4.33. The lowest BCUT2D eigenvalue weighted by Crippen LogP contribution is -2.32. The monoisotopic (exact) mass is 298 g/mol. The summed E-state index contributed by atoms with van der Waals surface area (Å²) in [6, 6.07) is 4.38. The van der Waals surface area contributed by atoms with E-state index in [9.17, 15) is 14.9 Å². The topological polar surface area (TPSA) is 83.7 Å². The summed E-state index contributed by atoms with van der Waals surface area (Å²) in [6.07, 6.45) is 1.61. The van der Waals surface area contributed by atoms with Gasteiger partial charge in [0.25, 0.3) is 5.69 Å². The highest BCUT2D eigenvalue weighted by Gasteiger charge is 2.19. The number of benzene rings is 1. The van der Waals surface area contributed by atoms with E-state index in [1.54, 1.807) is 24.0 Å². The molecule has 0 radical (unpaired) electrons. The van der Waals surface area contributed by atoms with Crippen LogP contribution in [0.25, 0.3) is 0 Å². The van der Waals surface area contributed by atoms with E-state index in [-0.39, 0.29) is 17.3 Å². The van der Waals surface area contributed by atoms with Crippen molar-refractivity contribution >= 4 is 28.9 Å². The van der Waals surface area contributed by atoms with Gasteiger partial charge in [0.15, 0.2) is 0 Å². The molecule has 1 N–H and O–H groups in total. The second-order valence-corrected chi connectivity index (χ2v) is 4.73. The second kappa shape index (κ2) is 6.91. The van der Waals surface area contributed by atoms with Crippen LogP contribution in [0.3, 0.4) is 0 Å². The van der Waals surface area contributed by atoms with Crippen LogP contribution in [0.2, 0.25) is 5.02 Å². The Balaban J connectivity index is 3.08. The molecular formula is C13H15ClN2O4. The number of nitrogens with zero attached hydrogens (tertiary/aromatic N) is 2. The van der Waals surface area contributed by atoms with Crippen molar-refractivity contribution in [3.63, 3.8) is 0 Å². The molecule has 0 aromatic heterocycles. The molecule has 7 heteroatoms. The molecule has 1 aromatic carbocycles. The molecule has 0 amide bonds. The van der Waals surface area contributed by atoms with Crippen molar-refractivity contribution in [2.45, 2.75) is 6.92 Å². The van der Waals surface area contributed by atoms with Crippen LogP contribution >= 0.6 is 11.6 Å². The van der Waals surface area contributed by atoms with Crippen LogP contribution in [0.15, 0.2) is 30.9 Å². The van der Waals surface area contributed by atoms with Crippen LogP contribution in [-0.2, 0) is 4.79 Å². The number of nitro groups is 1. The molecule has 0 aliphatic carbocycles. The molecule has 0 saturated heterocycles. The SMILES string of the molecule is C=CCN(CC(C)C(=O)O)c1ccc(Cl)c([N+](=O)[O-])c1. The third-order valence-corrected chi connectivity index (χ3v) is 3.08. The van der Waals surface area contributed by atoms with Crippen LogP contribution < -0.4 is 4.90 Å². The molecule has 1 atom stereocenters. The molecule has 0 heterocycles. The summed E-state index contributed by atoms with van der Waals surface area (Å²) in [5, 5.41) is 19.9. The van der Waals surface area contributed by atoms with Crippen molar-refractivity contribution in [2.75, 3.05) is 18.0 Å². The number of hydrogen-bond acceptors (Lipinski definition) is 4. The summed E-state index contributed by atoms with van der Waals surface area (Å²) in [7, 11) is 0. The first-order valence-corrected chi connectivity index (χ1v) is 6.27. The quantitative estimate of drug-likeness (QED) is 0.475. The maximum absolute atomic E-state index is 10.9. The third-order valence-electron chi connectivity index (χ3n) is 2.76. The normalized spacial score (nSPS) is 11.7. The van der Waals surface area contributed by atoms with E-state index < -0.39 is 16.8 Å². The highest BCUT2D eigenvalue weighted by molar-refractivity contribution is 6.32. The number of nitro benzene ring substituents is 1. The first kappa shape index (κ1) is 16.0. The first-order valence-electron chi connectivity index (χ1n) is 5.89. The van der Waals surface area contributed by atoms with E-state index in [0.29, 0.717) is 12.2 Å². The van der Waals surface area contributed by atoms with Gasteiger partial charge in [-0.05, 0) is 12.1 Å². The third kappa shape index (κ3) is 3.96. The smallest absolute Gasteiger partial charge is 0.308 e. The lowest BCUT2D eigenvalue weighted by molar-refractivity contribution is -0.384. The van der Waals surface area contributed by atoms with Crippen LogP contribution in [0.1, 0.15) is 6.92 Å². The minimum Gasteiger partial charge on any atom is -0.481 e. The maximum atomic E-state index is 10.9. The number of halogens is 1. The predicted octanol–water partition coefficient (Wildman–Crippen LogP) is 2.96. The van der Waals surface area contributed by atoms with Gasteiger partial charge in [0.05, 0.1) is 10.8 Å². The molecule has 1 aromatic rings.